The first-order valence-corrected chi connectivity index (χ1v) is 9.01. The highest BCUT2D eigenvalue weighted by Gasteiger charge is 2.20. The molecule has 1 aromatic heterocycles. The van der Waals surface area contributed by atoms with E-state index in [1.54, 1.807) is 18.2 Å². The van der Waals surface area contributed by atoms with Crippen molar-refractivity contribution < 1.29 is 9.21 Å². The normalized spacial score (nSPS) is 15.9. The molecule has 1 aromatic carbocycles. The molecule has 25 heavy (non-hydrogen) atoms. The number of hydrogen-bond donors (Lipinski definition) is 1. The SMILES string of the molecule is CN(Cc1ccco1)C(=O)NCCN1CCC(c2ccccc2)CC1. The molecule has 134 valence electrons. The molecule has 1 fully saturated rings. The fourth-order valence-electron chi connectivity index (χ4n) is 3.38. The average molecular weight is 341 g/mol. The van der Waals surface area contributed by atoms with Crippen molar-refractivity contribution in [1.29, 1.82) is 0 Å². The summed E-state index contributed by atoms with van der Waals surface area (Å²) in [5.41, 5.74) is 1.45. The number of nitrogens with one attached hydrogen (secondary N) is 1. The first-order valence-electron chi connectivity index (χ1n) is 9.01. The van der Waals surface area contributed by atoms with Gasteiger partial charge >= 0.3 is 6.03 Å². The number of furan rings is 1. The minimum Gasteiger partial charge on any atom is -0.467 e. The molecule has 1 N–H and O–H groups in total. The van der Waals surface area contributed by atoms with Crippen molar-refractivity contribution in [3.8, 4) is 0 Å². The third-order valence-corrected chi connectivity index (χ3v) is 4.88. The molecule has 3 rings (SSSR count). The van der Waals surface area contributed by atoms with E-state index in [4.69, 9.17) is 4.42 Å². The molecule has 1 aliphatic heterocycles. The summed E-state index contributed by atoms with van der Waals surface area (Å²) in [7, 11) is 1.78. The van der Waals surface area contributed by atoms with Crippen LogP contribution in [0.2, 0.25) is 0 Å². The van der Waals surface area contributed by atoms with E-state index in [-0.39, 0.29) is 6.03 Å². The van der Waals surface area contributed by atoms with Gasteiger partial charge in [-0.25, -0.2) is 4.79 Å². The zero-order valence-corrected chi connectivity index (χ0v) is 14.9. The highest BCUT2D eigenvalue weighted by molar-refractivity contribution is 5.73. The molecule has 0 atom stereocenters. The predicted octanol–water partition coefficient (Wildman–Crippen LogP) is 3.30. The number of carbonyl (C=O) groups excluding carboxylic acids is 1. The number of amides is 2. The topological polar surface area (TPSA) is 48.7 Å². The van der Waals surface area contributed by atoms with Crippen LogP contribution in [0.3, 0.4) is 0 Å². The van der Waals surface area contributed by atoms with E-state index in [9.17, 15) is 4.79 Å². The summed E-state index contributed by atoms with van der Waals surface area (Å²) < 4.78 is 5.27. The molecule has 2 aromatic rings. The van der Waals surface area contributed by atoms with Crippen molar-refractivity contribution in [2.24, 2.45) is 0 Å². The van der Waals surface area contributed by atoms with Gasteiger partial charge in [0.1, 0.15) is 5.76 Å². The van der Waals surface area contributed by atoms with Gasteiger partial charge in [-0.1, -0.05) is 30.3 Å². The van der Waals surface area contributed by atoms with Crippen molar-refractivity contribution >= 4 is 6.03 Å². The molecule has 0 saturated carbocycles. The second-order valence-electron chi connectivity index (χ2n) is 6.69. The highest BCUT2D eigenvalue weighted by Crippen LogP contribution is 2.27. The van der Waals surface area contributed by atoms with Gasteiger partial charge in [-0.05, 0) is 49.5 Å². The Morgan fingerprint density at radius 2 is 1.96 bits per heavy atom. The Kier molecular flexibility index (Phi) is 6.12. The van der Waals surface area contributed by atoms with Gasteiger partial charge in [-0.3, -0.25) is 0 Å². The van der Waals surface area contributed by atoms with Gasteiger partial charge < -0.3 is 19.5 Å². The second kappa shape index (κ2) is 8.72. The summed E-state index contributed by atoms with van der Waals surface area (Å²) in [4.78, 5) is 16.2. The van der Waals surface area contributed by atoms with Gasteiger partial charge in [0.15, 0.2) is 0 Å². The van der Waals surface area contributed by atoms with Crippen molar-refractivity contribution in [2.75, 3.05) is 33.2 Å². The summed E-state index contributed by atoms with van der Waals surface area (Å²) in [6.07, 6.45) is 4.01. The summed E-state index contributed by atoms with van der Waals surface area (Å²) in [6.45, 7) is 4.26. The van der Waals surface area contributed by atoms with Crippen molar-refractivity contribution in [2.45, 2.75) is 25.3 Å². The zero-order valence-electron chi connectivity index (χ0n) is 14.9. The molecule has 0 aliphatic carbocycles. The quantitative estimate of drug-likeness (QED) is 0.877. The summed E-state index contributed by atoms with van der Waals surface area (Å²) in [6, 6.07) is 14.4. The molecule has 5 heteroatoms. The van der Waals surface area contributed by atoms with Crippen molar-refractivity contribution in [3.05, 3.63) is 60.1 Å². The average Bonchev–Trinajstić information content (AvgIpc) is 3.16. The zero-order chi connectivity index (χ0) is 17.5. The third-order valence-electron chi connectivity index (χ3n) is 4.88. The monoisotopic (exact) mass is 341 g/mol. The third kappa shape index (κ3) is 5.10. The number of carbonyl (C=O) groups is 1. The molecular formula is C20H27N3O2. The van der Waals surface area contributed by atoms with Crippen LogP contribution in [0.5, 0.6) is 0 Å². The largest absolute Gasteiger partial charge is 0.467 e. The van der Waals surface area contributed by atoms with Crippen LogP contribution in [0.1, 0.15) is 30.1 Å². The van der Waals surface area contributed by atoms with Gasteiger partial charge in [0.25, 0.3) is 0 Å². The Balaban J connectivity index is 1.34. The maximum Gasteiger partial charge on any atom is 0.317 e. The predicted molar refractivity (Wildman–Crippen MR) is 98.4 cm³/mol. The van der Waals surface area contributed by atoms with E-state index >= 15 is 0 Å². The van der Waals surface area contributed by atoms with Crippen LogP contribution < -0.4 is 5.32 Å². The van der Waals surface area contributed by atoms with Crippen LogP contribution in [-0.2, 0) is 6.54 Å². The maximum atomic E-state index is 12.1. The lowest BCUT2D eigenvalue weighted by molar-refractivity contribution is 0.192. The number of piperidine rings is 1. The van der Waals surface area contributed by atoms with Crippen LogP contribution in [0.4, 0.5) is 4.79 Å². The molecule has 2 amide bonds. The van der Waals surface area contributed by atoms with Crippen LogP contribution in [0.15, 0.2) is 53.1 Å². The van der Waals surface area contributed by atoms with Gasteiger partial charge in [-0.2, -0.15) is 0 Å². The molecule has 2 heterocycles. The first kappa shape index (κ1) is 17.5. The first-order chi connectivity index (χ1) is 12.2. The van der Waals surface area contributed by atoms with Gasteiger partial charge in [0, 0.05) is 20.1 Å². The molecule has 0 radical (unpaired) electrons. The van der Waals surface area contributed by atoms with Crippen molar-refractivity contribution in [3.63, 3.8) is 0 Å². The van der Waals surface area contributed by atoms with Crippen LogP contribution in [-0.4, -0.2) is 49.1 Å². The van der Waals surface area contributed by atoms with Gasteiger partial charge in [-0.15, -0.1) is 0 Å². The summed E-state index contributed by atoms with van der Waals surface area (Å²) >= 11 is 0. The van der Waals surface area contributed by atoms with Gasteiger partial charge in [0.2, 0.25) is 0 Å². The van der Waals surface area contributed by atoms with Crippen LogP contribution in [0.25, 0.3) is 0 Å². The standard InChI is InChI=1S/C20H27N3O2/c1-22(16-19-8-5-15-25-19)20(24)21-11-14-23-12-9-18(10-13-23)17-6-3-2-4-7-17/h2-8,15,18H,9-14,16H2,1H3,(H,21,24). The van der Waals surface area contributed by atoms with Crippen LogP contribution >= 0.6 is 0 Å². The minimum atomic E-state index is -0.0597. The maximum absolute atomic E-state index is 12.1. The number of benzene rings is 1. The Hall–Kier alpha value is -2.27. The Morgan fingerprint density at radius 1 is 1.20 bits per heavy atom. The molecule has 0 unspecified atom stereocenters. The van der Waals surface area contributed by atoms with E-state index in [1.807, 2.05) is 12.1 Å². The van der Waals surface area contributed by atoms with E-state index in [0.717, 1.165) is 25.4 Å². The Bertz CT molecular complexity index is 634. The lowest BCUT2D eigenvalue weighted by Gasteiger charge is -2.32. The number of nitrogens with zero attached hydrogens (tertiary/aromatic N) is 2. The highest BCUT2D eigenvalue weighted by atomic mass is 16.3. The molecule has 1 saturated heterocycles. The Labute approximate surface area is 149 Å². The molecule has 0 bridgehead atoms. The fourth-order valence-corrected chi connectivity index (χ4v) is 3.38. The molecule has 0 spiro atoms. The molecular weight excluding hydrogens is 314 g/mol. The van der Waals surface area contributed by atoms with E-state index < -0.39 is 0 Å². The second-order valence-corrected chi connectivity index (χ2v) is 6.69. The smallest absolute Gasteiger partial charge is 0.317 e. The van der Waals surface area contributed by atoms with Gasteiger partial charge in [0.05, 0.1) is 12.8 Å². The number of hydrogen-bond acceptors (Lipinski definition) is 3. The van der Waals surface area contributed by atoms with Crippen LogP contribution in [0, 0.1) is 0 Å². The summed E-state index contributed by atoms with van der Waals surface area (Å²) in [5.74, 6) is 1.46. The fraction of sp³-hybridized carbons (Fsp3) is 0.450. The minimum absolute atomic E-state index is 0.0597. The van der Waals surface area contributed by atoms with E-state index in [2.05, 4.69) is 40.5 Å². The lowest BCUT2D eigenvalue weighted by atomic mass is 9.89. The molecule has 1 aliphatic rings. The van der Waals surface area contributed by atoms with Crippen molar-refractivity contribution in [1.82, 2.24) is 15.1 Å². The van der Waals surface area contributed by atoms with E-state index in [1.165, 1.54) is 18.4 Å². The lowest BCUT2D eigenvalue weighted by Crippen LogP contribution is -2.42. The summed E-state index contributed by atoms with van der Waals surface area (Å²) in [5, 5.41) is 2.99. The molecule has 5 nitrogen and oxygen atoms in total. The number of likely N-dealkylation sites (tertiary alicyclic amines) is 1. The number of urea groups is 1. The Morgan fingerprint density at radius 3 is 2.64 bits per heavy atom. The van der Waals surface area contributed by atoms with E-state index in [0.29, 0.717) is 19.0 Å². The number of rotatable bonds is 6.